The molecular weight excluding hydrogens is 359 g/mol. The maximum absolute atomic E-state index is 8.63. The number of hydrogen-bond donors (Lipinski definition) is 0. The summed E-state index contributed by atoms with van der Waals surface area (Å²) in [6, 6.07) is 0.182. The largest absolute Gasteiger partial charge is 0.340 e. The van der Waals surface area contributed by atoms with Gasteiger partial charge in [-0.1, -0.05) is 57.0 Å². The average molecular weight is 390 g/mol. The van der Waals surface area contributed by atoms with Gasteiger partial charge in [-0.15, -0.1) is 0 Å². The van der Waals surface area contributed by atoms with E-state index >= 15 is 0 Å². The fraction of sp³-hybridized carbons (Fsp3) is 0.895. The van der Waals surface area contributed by atoms with E-state index in [1.807, 2.05) is 0 Å². The van der Waals surface area contributed by atoms with E-state index in [-0.39, 0.29) is 38.8 Å². The quantitative estimate of drug-likeness (QED) is 0.241. The number of nitrogens with zero attached hydrogens (tertiary/aromatic N) is 3. The Kier molecular flexibility index (Phi) is 6.30. The summed E-state index contributed by atoms with van der Waals surface area (Å²) in [6.07, 6.45) is 11.1. The minimum absolute atomic E-state index is 0. The van der Waals surface area contributed by atoms with Gasteiger partial charge in [0, 0.05) is 43.7 Å². The van der Waals surface area contributed by atoms with Crippen molar-refractivity contribution in [3.63, 3.8) is 0 Å². The first kappa shape index (κ1) is 19.7. The summed E-state index contributed by atoms with van der Waals surface area (Å²) >= 11 is 0. The summed E-state index contributed by atoms with van der Waals surface area (Å²) in [5.41, 5.74) is 9.45. The molecule has 0 amide bonds. The maximum atomic E-state index is 8.63. The number of hydrogen-bond acceptors (Lipinski definition) is 1. The Morgan fingerprint density at radius 2 is 1.87 bits per heavy atom. The van der Waals surface area contributed by atoms with E-state index in [1.54, 1.807) is 0 Å². The summed E-state index contributed by atoms with van der Waals surface area (Å²) in [5, 5.41) is 3.92. The Hall–Kier alpha value is 0.414. The molecule has 127 valence electrons. The van der Waals surface area contributed by atoms with Crippen LogP contribution in [0.15, 0.2) is 5.11 Å². The van der Waals surface area contributed by atoms with Gasteiger partial charge in [0.2, 0.25) is 0 Å². The predicted molar refractivity (Wildman–Crippen MR) is 90.8 cm³/mol. The molecule has 0 N–H and O–H groups in total. The second-order valence-electron chi connectivity index (χ2n) is 8.74. The second kappa shape index (κ2) is 7.34. The van der Waals surface area contributed by atoms with Crippen molar-refractivity contribution >= 4 is 0 Å². The number of rotatable bonds is 2. The van der Waals surface area contributed by atoms with E-state index < -0.39 is 0 Å². The van der Waals surface area contributed by atoms with Crippen molar-refractivity contribution in [2.75, 3.05) is 0 Å². The smallest absolute Gasteiger partial charge is 0.0104 e. The number of fused-ring (bicyclic) bond motifs is 1. The van der Waals surface area contributed by atoms with Crippen LogP contribution in [0.5, 0.6) is 0 Å². The van der Waals surface area contributed by atoms with E-state index in [9.17, 15) is 0 Å². The van der Waals surface area contributed by atoms with Crippen LogP contribution in [-0.4, -0.2) is 6.04 Å². The van der Waals surface area contributed by atoms with Gasteiger partial charge in [0.05, 0.1) is 0 Å². The van der Waals surface area contributed by atoms with Crippen LogP contribution in [-0.2, 0) is 32.7 Å². The summed E-state index contributed by atoms with van der Waals surface area (Å²) < 4.78 is 0. The number of azide groups is 1. The van der Waals surface area contributed by atoms with Gasteiger partial charge in [0.15, 0.2) is 0 Å². The third-order valence-electron chi connectivity index (χ3n) is 7.85. The Balaban J connectivity index is 0.00000192. The van der Waals surface area contributed by atoms with E-state index in [0.29, 0.717) is 22.7 Å². The van der Waals surface area contributed by atoms with Gasteiger partial charge in [0.1, 0.15) is 0 Å². The van der Waals surface area contributed by atoms with E-state index in [2.05, 4.69) is 44.1 Å². The van der Waals surface area contributed by atoms with E-state index in [4.69, 9.17) is 5.53 Å². The van der Waals surface area contributed by atoms with Crippen LogP contribution in [0.2, 0.25) is 0 Å². The normalized spacial score (nSPS) is 49.7. The van der Waals surface area contributed by atoms with Crippen LogP contribution in [0.1, 0.15) is 65.7 Å². The molecule has 3 aliphatic rings. The molecule has 0 aromatic carbocycles. The SMILES string of the molecule is [CH2-]C1C(C2(C)[CH-]CC(N=[N+]=[N-])CC2)CCC2(C)C(C)CCC12.[Y]. The van der Waals surface area contributed by atoms with Gasteiger partial charge in [-0.25, -0.2) is 0 Å². The van der Waals surface area contributed by atoms with Crippen LogP contribution < -0.4 is 0 Å². The van der Waals surface area contributed by atoms with Gasteiger partial charge in [-0.05, 0) is 36.1 Å². The standard InChI is InChI=1S/C19H31N3.Y/c1-13-5-6-17-14(2)16(9-12-19(13,17)4)18(3)10-7-15(8-11-18)21-22-20;/h10,13-17H,2,5-9,11-12H2,1,3-4H3;/q-2;. The third kappa shape index (κ3) is 3.40. The van der Waals surface area contributed by atoms with Crippen LogP contribution >= 0.6 is 0 Å². The molecule has 3 aliphatic carbocycles. The minimum Gasteiger partial charge on any atom is -0.340 e. The molecule has 0 aromatic rings. The molecule has 0 aliphatic heterocycles. The second-order valence-corrected chi connectivity index (χ2v) is 8.74. The van der Waals surface area contributed by atoms with Crippen molar-refractivity contribution in [3.8, 4) is 0 Å². The van der Waals surface area contributed by atoms with Crippen molar-refractivity contribution in [2.24, 2.45) is 39.6 Å². The first-order valence-electron chi connectivity index (χ1n) is 9.12. The molecule has 7 atom stereocenters. The van der Waals surface area contributed by atoms with Crippen LogP contribution in [0, 0.1) is 47.8 Å². The first-order chi connectivity index (χ1) is 10.4. The van der Waals surface area contributed by atoms with Crippen molar-refractivity contribution < 1.29 is 32.7 Å². The molecule has 3 rings (SSSR count). The Morgan fingerprint density at radius 1 is 1.13 bits per heavy atom. The van der Waals surface area contributed by atoms with Crippen molar-refractivity contribution in [2.45, 2.75) is 71.8 Å². The molecule has 3 fully saturated rings. The average Bonchev–Trinajstić information content (AvgIpc) is 2.79. The monoisotopic (exact) mass is 390 g/mol. The Labute approximate surface area is 167 Å². The van der Waals surface area contributed by atoms with Gasteiger partial charge >= 0.3 is 0 Å². The fourth-order valence-corrected chi connectivity index (χ4v) is 5.99. The van der Waals surface area contributed by atoms with Crippen LogP contribution in [0.4, 0.5) is 0 Å². The molecular formula is C19H31N3Y-2. The maximum Gasteiger partial charge on any atom is 0.0104 e. The van der Waals surface area contributed by atoms with Gasteiger partial charge in [0.25, 0.3) is 0 Å². The zero-order valence-electron chi connectivity index (χ0n) is 15.0. The zero-order chi connectivity index (χ0) is 16.0. The summed E-state index contributed by atoms with van der Waals surface area (Å²) in [6.45, 7) is 12.1. The molecule has 4 heteroatoms. The summed E-state index contributed by atoms with van der Waals surface area (Å²) in [7, 11) is 0. The predicted octanol–water partition coefficient (Wildman–Crippen LogP) is 5.97. The van der Waals surface area contributed by atoms with Gasteiger partial charge < -0.3 is 13.3 Å². The van der Waals surface area contributed by atoms with Crippen molar-refractivity contribution in [1.82, 2.24) is 0 Å². The molecule has 0 saturated heterocycles. The molecule has 0 heterocycles. The Bertz CT molecular complexity index is 465. The molecule has 23 heavy (non-hydrogen) atoms. The molecule has 0 aromatic heterocycles. The van der Waals surface area contributed by atoms with Crippen molar-refractivity contribution in [1.29, 1.82) is 0 Å². The van der Waals surface area contributed by atoms with Crippen LogP contribution in [0.25, 0.3) is 10.4 Å². The van der Waals surface area contributed by atoms with E-state index in [0.717, 1.165) is 31.1 Å². The summed E-state index contributed by atoms with van der Waals surface area (Å²) in [4.78, 5) is 2.99. The van der Waals surface area contributed by atoms with Gasteiger partial charge in [-0.2, -0.15) is 17.8 Å². The first-order valence-corrected chi connectivity index (χ1v) is 9.12. The van der Waals surface area contributed by atoms with E-state index in [1.165, 1.54) is 25.7 Å². The van der Waals surface area contributed by atoms with Gasteiger partial charge in [-0.3, -0.25) is 0 Å². The zero-order valence-corrected chi connectivity index (χ0v) is 17.9. The topological polar surface area (TPSA) is 48.8 Å². The van der Waals surface area contributed by atoms with Crippen molar-refractivity contribution in [3.05, 3.63) is 23.8 Å². The molecule has 3 nitrogen and oxygen atoms in total. The third-order valence-corrected chi connectivity index (χ3v) is 7.85. The molecule has 1 radical (unpaired) electrons. The molecule has 0 spiro atoms. The Morgan fingerprint density at radius 3 is 2.48 bits per heavy atom. The minimum atomic E-state index is 0. The molecule has 7 unspecified atom stereocenters. The summed E-state index contributed by atoms with van der Waals surface area (Å²) in [5.74, 6) is 2.96. The fourth-order valence-electron chi connectivity index (χ4n) is 5.99. The molecule has 0 bridgehead atoms. The van der Waals surface area contributed by atoms with Crippen LogP contribution in [0.3, 0.4) is 0 Å². The molecule has 3 saturated carbocycles.